The van der Waals surface area contributed by atoms with Gasteiger partial charge in [-0.1, -0.05) is 206 Å². The smallest absolute Gasteiger partial charge is 0.306 e. The van der Waals surface area contributed by atoms with Gasteiger partial charge in [0.15, 0.2) is 6.10 Å². The average molecular weight is 883 g/mol. The van der Waals surface area contributed by atoms with Crippen LogP contribution >= 0.6 is 0 Å². The minimum Gasteiger partial charge on any atom is -0.462 e. The number of hydrogen-bond donors (Lipinski definition) is 0. The highest BCUT2D eigenvalue weighted by Crippen LogP contribution is 2.11. The van der Waals surface area contributed by atoms with Crippen molar-refractivity contribution in [1.82, 2.24) is 0 Å². The molecular formula is C59H94O5. The number of ether oxygens (including phenoxy) is 3. The Morgan fingerprint density at radius 1 is 0.359 bits per heavy atom. The Hall–Kier alpha value is -3.96. The highest BCUT2D eigenvalue weighted by molar-refractivity contribution is 5.70. The van der Waals surface area contributed by atoms with Crippen LogP contribution in [0, 0.1) is 0 Å². The molecule has 0 saturated carbocycles. The van der Waals surface area contributed by atoms with E-state index in [9.17, 15) is 9.59 Å². The third kappa shape index (κ3) is 50.7. The van der Waals surface area contributed by atoms with Gasteiger partial charge in [0.25, 0.3) is 0 Å². The number of unbranched alkanes of at least 4 members (excludes halogenated alkanes) is 12. The fourth-order valence-electron chi connectivity index (χ4n) is 6.39. The molecule has 0 aromatic heterocycles. The van der Waals surface area contributed by atoms with E-state index in [1.165, 1.54) is 51.4 Å². The van der Waals surface area contributed by atoms with E-state index < -0.39 is 6.10 Å². The highest BCUT2D eigenvalue weighted by atomic mass is 16.6. The summed E-state index contributed by atoms with van der Waals surface area (Å²) in [4.78, 5) is 25.4. The minimum atomic E-state index is -0.592. The molecule has 0 radical (unpaired) electrons. The molecule has 0 fully saturated rings. The third-order valence-corrected chi connectivity index (χ3v) is 10.2. The Bertz CT molecular complexity index is 1370. The number of carbonyl (C=O) groups is 2. The minimum absolute atomic E-state index is 0.0239. The fourth-order valence-corrected chi connectivity index (χ4v) is 6.39. The monoisotopic (exact) mass is 883 g/mol. The molecule has 0 aliphatic heterocycles. The first kappa shape index (κ1) is 60.0. The largest absolute Gasteiger partial charge is 0.462 e. The van der Waals surface area contributed by atoms with Gasteiger partial charge in [-0.2, -0.15) is 0 Å². The van der Waals surface area contributed by atoms with Gasteiger partial charge in [-0.3, -0.25) is 9.59 Å². The van der Waals surface area contributed by atoms with Gasteiger partial charge in [0, 0.05) is 19.4 Å². The Morgan fingerprint density at radius 3 is 1.20 bits per heavy atom. The average Bonchev–Trinajstić information content (AvgIpc) is 3.30. The van der Waals surface area contributed by atoms with Crippen LogP contribution in [-0.2, 0) is 23.8 Å². The zero-order chi connectivity index (χ0) is 46.3. The number of rotatable bonds is 45. The lowest BCUT2D eigenvalue weighted by Gasteiger charge is -2.18. The second-order valence-electron chi connectivity index (χ2n) is 16.3. The van der Waals surface area contributed by atoms with Crippen LogP contribution in [0.2, 0.25) is 0 Å². The predicted octanol–water partition coefficient (Wildman–Crippen LogP) is 17.6. The molecule has 0 aliphatic rings. The van der Waals surface area contributed by atoms with Crippen LogP contribution in [0.25, 0.3) is 0 Å². The molecule has 5 nitrogen and oxygen atoms in total. The standard InChI is InChI=1S/C59H94O5/c1-4-7-10-13-16-19-22-25-27-29-30-32-33-35-37-40-43-46-49-52-58(60)63-56-57(55-62-54-51-48-45-42-39-24-21-18-15-12-9-6-3)64-59(61)53-50-47-44-41-38-36-34-31-28-26-23-20-17-14-11-8-5-2/h7-8,10-11,15-20,25-28,30,32,34-37,43,46,57H,4-6,9,12-14,21-24,29,31,33,38-42,44-45,47-56H2,1-3H3/b10-7-,11-8-,18-15-,19-16-,20-17-,27-25-,28-26-,32-30-,36-34-,37-35-,46-43-. The molecule has 0 rings (SSSR count). The summed E-state index contributed by atoms with van der Waals surface area (Å²) < 4.78 is 17.3. The molecule has 0 aromatic rings. The van der Waals surface area contributed by atoms with Crippen LogP contribution < -0.4 is 0 Å². The van der Waals surface area contributed by atoms with E-state index in [0.717, 1.165) is 109 Å². The molecule has 1 unspecified atom stereocenters. The molecule has 0 aromatic carbocycles. The number of allylic oxidation sites excluding steroid dienone is 22. The lowest BCUT2D eigenvalue weighted by Crippen LogP contribution is -2.30. The summed E-state index contributed by atoms with van der Waals surface area (Å²) in [6.45, 7) is 7.43. The molecule has 360 valence electrons. The van der Waals surface area contributed by atoms with Crippen molar-refractivity contribution in [2.45, 2.75) is 207 Å². The quantitative estimate of drug-likeness (QED) is 0.0346. The summed E-state index contributed by atoms with van der Waals surface area (Å²) in [5.41, 5.74) is 0. The van der Waals surface area contributed by atoms with Gasteiger partial charge in [-0.25, -0.2) is 0 Å². The van der Waals surface area contributed by atoms with E-state index in [1.807, 2.05) is 6.08 Å². The van der Waals surface area contributed by atoms with Gasteiger partial charge < -0.3 is 14.2 Å². The molecule has 0 aliphatic carbocycles. The summed E-state index contributed by atoms with van der Waals surface area (Å²) in [6, 6.07) is 0. The maximum absolute atomic E-state index is 12.8. The van der Waals surface area contributed by atoms with Gasteiger partial charge in [0.05, 0.1) is 6.61 Å². The molecule has 5 heteroatoms. The lowest BCUT2D eigenvalue weighted by atomic mass is 10.1. The number of carbonyl (C=O) groups excluding carboxylic acids is 2. The second-order valence-corrected chi connectivity index (χ2v) is 16.3. The van der Waals surface area contributed by atoms with Gasteiger partial charge in [-0.05, 0) is 116 Å². The van der Waals surface area contributed by atoms with E-state index in [2.05, 4.69) is 148 Å². The Morgan fingerprint density at radius 2 is 0.734 bits per heavy atom. The van der Waals surface area contributed by atoms with Crippen molar-refractivity contribution in [2.24, 2.45) is 0 Å². The first-order chi connectivity index (χ1) is 31.6. The molecule has 0 spiro atoms. The summed E-state index contributed by atoms with van der Waals surface area (Å²) in [5, 5.41) is 0. The molecule has 0 N–H and O–H groups in total. The first-order valence-electron chi connectivity index (χ1n) is 25.7. The molecule has 0 amide bonds. The van der Waals surface area contributed by atoms with E-state index in [0.29, 0.717) is 25.9 Å². The summed E-state index contributed by atoms with van der Waals surface area (Å²) >= 11 is 0. The van der Waals surface area contributed by atoms with E-state index in [-0.39, 0.29) is 25.2 Å². The zero-order valence-corrected chi connectivity index (χ0v) is 41.2. The maximum Gasteiger partial charge on any atom is 0.306 e. The molecule has 64 heavy (non-hydrogen) atoms. The molecular weight excluding hydrogens is 789 g/mol. The van der Waals surface area contributed by atoms with Crippen LogP contribution in [0.4, 0.5) is 0 Å². The highest BCUT2D eigenvalue weighted by Gasteiger charge is 2.17. The van der Waals surface area contributed by atoms with Crippen LogP contribution in [0.3, 0.4) is 0 Å². The van der Waals surface area contributed by atoms with Gasteiger partial charge >= 0.3 is 11.9 Å². The SMILES string of the molecule is CC/C=C\C/C=C\C/C=C\C/C=C\C/C=C\C/C=C\CCC(=O)OCC(COCCCCCCCC/C=C\CCCC)OC(=O)CCCCCC/C=C\C/C=C\C/C=C\C/C=C\CC. The van der Waals surface area contributed by atoms with Crippen LogP contribution in [0.1, 0.15) is 201 Å². The molecule has 0 heterocycles. The number of esters is 2. The zero-order valence-electron chi connectivity index (χ0n) is 41.2. The van der Waals surface area contributed by atoms with Gasteiger partial charge in [0.1, 0.15) is 6.61 Å². The van der Waals surface area contributed by atoms with Crippen molar-refractivity contribution < 1.29 is 23.8 Å². The topological polar surface area (TPSA) is 61.8 Å². The fraction of sp³-hybridized carbons (Fsp3) is 0.593. The van der Waals surface area contributed by atoms with E-state index >= 15 is 0 Å². The Kier molecular flexibility index (Phi) is 50.1. The molecule has 1 atom stereocenters. The summed E-state index contributed by atoms with van der Waals surface area (Å²) in [5.74, 6) is -0.535. The Balaban J connectivity index is 4.46. The predicted molar refractivity (Wildman–Crippen MR) is 278 cm³/mol. The summed E-state index contributed by atoms with van der Waals surface area (Å²) in [7, 11) is 0. The van der Waals surface area contributed by atoms with Crippen LogP contribution in [0.5, 0.6) is 0 Å². The van der Waals surface area contributed by atoms with E-state index in [4.69, 9.17) is 14.2 Å². The van der Waals surface area contributed by atoms with Crippen molar-refractivity contribution >= 4 is 11.9 Å². The van der Waals surface area contributed by atoms with Crippen molar-refractivity contribution in [3.63, 3.8) is 0 Å². The maximum atomic E-state index is 12.8. The Labute approximate surface area is 394 Å². The van der Waals surface area contributed by atoms with Gasteiger partial charge in [-0.15, -0.1) is 0 Å². The van der Waals surface area contributed by atoms with Crippen LogP contribution in [0.15, 0.2) is 134 Å². The van der Waals surface area contributed by atoms with Crippen LogP contribution in [-0.4, -0.2) is 37.9 Å². The van der Waals surface area contributed by atoms with Crippen molar-refractivity contribution in [3.05, 3.63) is 134 Å². The number of hydrogen-bond acceptors (Lipinski definition) is 5. The second kappa shape index (κ2) is 53.4. The van der Waals surface area contributed by atoms with Crippen molar-refractivity contribution in [3.8, 4) is 0 Å². The molecule has 0 saturated heterocycles. The van der Waals surface area contributed by atoms with Crippen molar-refractivity contribution in [1.29, 1.82) is 0 Å². The van der Waals surface area contributed by atoms with Crippen molar-refractivity contribution in [2.75, 3.05) is 19.8 Å². The summed E-state index contributed by atoms with van der Waals surface area (Å²) in [6.07, 6.45) is 76.1. The normalized spacial score (nSPS) is 13.4. The molecule has 0 bridgehead atoms. The van der Waals surface area contributed by atoms with E-state index in [1.54, 1.807) is 0 Å². The lowest BCUT2D eigenvalue weighted by molar-refractivity contribution is -0.162. The van der Waals surface area contributed by atoms with Gasteiger partial charge in [0.2, 0.25) is 0 Å². The first-order valence-corrected chi connectivity index (χ1v) is 25.7. The third-order valence-electron chi connectivity index (χ3n) is 10.2.